The summed E-state index contributed by atoms with van der Waals surface area (Å²) in [7, 11) is -2.86. The van der Waals surface area contributed by atoms with E-state index in [1.807, 2.05) is 6.92 Å². The molecule has 1 aliphatic heterocycles. The number of hydrogen-bond donors (Lipinski definition) is 1. The highest BCUT2D eigenvalue weighted by molar-refractivity contribution is 7.91. The number of sulfone groups is 1. The molecule has 0 spiro atoms. The van der Waals surface area contributed by atoms with Crippen LogP contribution in [-0.4, -0.2) is 53.5 Å². The summed E-state index contributed by atoms with van der Waals surface area (Å²) >= 11 is 1.36. The van der Waals surface area contributed by atoms with Gasteiger partial charge in [0.1, 0.15) is 10.7 Å². The van der Waals surface area contributed by atoms with E-state index in [1.54, 1.807) is 0 Å². The fourth-order valence-corrected chi connectivity index (χ4v) is 4.37. The van der Waals surface area contributed by atoms with Crippen LogP contribution in [0.3, 0.4) is 0 Å². The largest absolute Gasteiger partial charge is 0.374 e. The lowest BCUT2D eigenvalue weighted by Crippen LogP contribution is -2.46. The van der Waals surface area contributed by atoms with E-state index in [2.05, 4.69) is 26.7 Å². The average Bonchev–Trinajstić information content (AvgIpc) is 2.77. The van der Waals surface area contributed by atoms with Crippen molar-refractivity contribution < 1.29 is 8.42 Å². The summed E-state index contributed by atoms with van der Waals surface area (Å²) in [5.74, 6) is 0.481. The van der Waals surface area contributed by atoms with Crippen molar-refractivity contribution >= 4 is 26.4 Å². The van der Waals surface area contributed by atoms with E-state index in [9.17, 15) is 8.42 Å². The van der Waals surface area contributed by atoms with Crippen molar-refractivity contribution in [3.8, 4) is 0 Å². The summed E-state index contributed by atoms with van der Waals surface area (Å²) in [5.41, 5.74) is 0.921. The Labute approximate surface area is 118 Å². The Morgan fingerprint density at radius 2 is 2.32 bits per heavy atom. The van der Waals surface area contributed by atoms with Crippen molar-refractivity contribution in [3.05, 3.63) is 5.69 Å². The zero-order valence-electron chi connectivity index (χ0n) is 11.3. The van der Waals surface area contributed by atoms with Crippen LogP contribution in [0.2, 0.25) is 0 Å². The molecule has 1 aromatic heterocycles. The highest BCUT2D eigenvalue weighted by Gasteiger charge is 2.29. The first-order valence-corrected chi connectivity index (χ1v) is 9.11. The average molecular weight is 304 g/mol. The van der Waals surface area contributed by atoms with Gasteiger partial charge in [-0.25, -0.2) is 8.42 Å². The Kier molecular flexibility index (Phi) is 4.75. The minimum atomic E-state index is -2.86. The van der Waals surface area contributed by atoms with Gasteiger partial charge in [0.05, 0.1) is 11.5 Å². The number of hydrogen-bond acceptors (Lipinski definition) is 7. The maximum absolute atomic E-state index is 11.6. The van der Waals surface area contributed by atoms with E-state index in [0.29, 0.717) is 13.1 Å². The van der Waals surface area contributed by atoms with E-state index in [4.69, 9.17) is 0 Å². The van der Waals surface area contributed by atoms with Gasteiger partial charge in [0.15, 0.2) is 9.84 Å². The van der Waals surface area contributed by atoms with Crippen LogP contribution in [0.25, 0.3) is 0 Å². The summed E-state index contributed by atoms with van der Waals surface area (Å²) in [4.78, 5) is 2.16. The van der Waals surface area contributed by atoms with Gasteiger partial charge in [0.25, 0.3) is 0 Å². The molecule has 1 unspecified atom stereocenters. The molecular formula is C11H20N4O2S2. The third-order valence-corrected chi connectivity index (χ3v) is 5.77. The molecule has 0 aliphatic carbocycles. The molecule has 6 nitrogen and oxygen atoms in total. The molecule has 2 rings (SSSR count). The normalized spacial score (nSPS) is 23.4. The van der Waals surface area contributed by atoms with Crippen molar-refractivity contribution in [1.29, 1.82) is 0 Å². The topological polar surface area (TPSA) is 75.2 Å². The Morgan fingerprint density at radius 3 is 3.00 bits per heavy atom. The first-order valence-electron chi connectivity index (χ1n) is 6.51. The minimum Gasteiger partial charge on any atom is -0.374 e. The third kappa shape index (κ3) is 3.87. The minimum absolute atomic E-state index is 0.0412. The number of anilines is 1. The fourth-order valence-electron chi connectivity index (χ4n) is 2.15. The standard InChI is InChI=1S/C11H20N4O2S2/c1-3-4-12-11-10(13-14-18-11)7-15-5-6-19(16,17)8-9(15)2/h9,12H,3-8H2,1-2H3. The van der Waals surface area contributed by atoms with Gasteiger partial charge in [0.2, 0.25) is 0 Å². The molecule has 0 radical (unpaired) electrons. The third-order valence-electron chi connectivity index (χ3n) is 3.25. The summed E-state index contributed by atoms with van der Waals surface area (Å²) in [5, 5.41) is 8.46. The fraction of sp³-hybridized carbons (Fsp3) is 0.818. The molecule has 1 saturated heterocycles. The molecule has 108 valence electrons. The van der Waals surface area contributed by atoms with Crippen molar-refractivity contribution in [1.82, 2.24) is 14.5 Å². The van der Waals surface area contributed by atoms with Gasteiger partial charge in [0, 0.05) is 37.2 Å². The van der Waals surface area contributed by atoms with Gasteiger partial charge in [-0.3, -0.25) is 4.90 Å². The molecule has 1 atom stereocenters. The first kappa shape index (κ1) is 14.7. The van der Waals surface area contributed by atoms with E-state index >= 15 is 0 Å². The smallest absolute Gasteiger partial charge is 0.153 e. The number of aromatic nitrogens is 2. The Bertz CT molecular complexity index is 515. The Morgan fingerprint density at radius 1 is 1.53 bits per heavy atom. The lowest BCUT2D eigenvalue weighted by molar-refractivity contribution is 0.216. The molecule has 0 amide bonds. The van der Waals surface area contributed by atoms with Gasteiger partial charge in [-0.05, 0) is 13.3 Å². The SMILES string of the molecule is CCCNc1snnc1CN1CCS(=O)(=O)CC1C. The molecule has 1 N–H and O–H groups in total. The maximum Gasteiger partial charge on any atom is 0.153 e. The van der Waals surface area contributed by atoms with Crippen LogP contribution in [0.1, 0.15) is 26.0 Å². The lowest BCUT2D eigenvalue weighted by atomic mass is 10.3. The van der Waals surface area contributed by atoms with Crippen LogP contribution in [0, 0.1) is 0 Å². The summed E-state index contributed by atoms with van der Waals surface area (Å²) in [6.07, 6.45) is 1.05. The van der Waals surface area contributed by atoms with Gasteiger partial charge in [-0.1, -0.05) is 11.4 Å². The molecular weight excluding hydrogens is 284 g/mol. The molecule has 0 aromatic carbocycles. The Hall–Kier alpha value is -0.730. The van der Waals surface area contributed by atoms with Crippen LogP contribution in [-0.2, 0) is 16.4 Å². The van der Waals surface area contributed by atoms with E-state index in [0.717, 1.165) is 23.7 Å². The molecule has 2 heterocycles. The van der Waals surface area contributed by atoms with Gasteiger partial charge in [-0.15, -0.1) is 5.10 Å². The summed E-state index contributed by atoms with van der Waals surface area (Å²) in [6.45, 7) is 6.21. The second-order valence-electron chi connectivity index (χ2n) is 4.91. The molecule has 8 heteroatoms. The Balaban J connectivity index is 2.00. The second kappa shape index (κ2) is 6.15. The molecule has 1 aliphatic rings. The number of rotatable bonds is 5. The van der Waals surface area contributed by atoms with Crippen molar-refractivity contribution in [2.45, 2.75) is 32.9 Å². The summed E-state index contributed by atoms with van der Waals surface area (Å²) in [6, 6.07) is 0.0412. The van der Waals surface area contributed by atoms with Gasteiger partial charge < -0.3 is 5.32 Å². The van der Waals surface area contributed by atoms with Crippen LogP contribution < -0.4 is 5.32 Å². The number of nitrogens with one attached hydrogen (secondary N) is 1. The lowest BCUT2D eigenvalue weighted by Gasteiger charge is -2.32. The molecule has 0 saturated carbocycles. The molecule has 19 heavy (non-hydrogen) atoms. The van der Waals surface area contributed by atoms with Gasteiger partial charge >= 0.3 is 0 Å². The number of nitrogens with zero attached hydrogens (tertiary/aromatic N) is 3. The molecule has 1 aromatic rings. The predicted molar refractivity (Wildman–Crippen MR) is 77.2 cm³/mol. The molecule has 0 bridgehead atoms. The van der Waals surface area contributed by atoms with E-state index < -0.39 is 9.84 Å². The second-order valence-corrected chi connectivity index (χ2v) is 7.89. The van der Waals surface area contributed by atoms with Gasteiger partial charge in [-0.2, -0.15) is 0 Å². The zero-order valence-corrected chi connectivity index (χ0v) is 12.9. The predicted octanol–water partition coefficient (Wildman–Crippen LogP) is 0.979. The summed E-state index contributed by atoms with van der Waals surface area (Å²) < 4.78 is 27.1. The van der Waals surface area contributed by atoms with Crippen LogP contribution >= 0.6 is 11.5 Å². The monoisotopic (exact) mass is 304 g/mol. The van der Waals surface area contributed by atoms with Crippen molar-refractivity contribution in [2.24, 2.45) is 0 Å². The zero-order chi connectivity index (χ0) is 13.9. The quantitative estimate of drug-likeness (QED) is 0.874. The van der Waals surface area contributed by atoms with E-state index in [-0.39, 0.29) is 17.5 Å². The molecule has 1 fully saturated rings. The van der Waals surface area contributed by atoms with Crippen molar-refractivity contribution in [3.63, 3.8) is 0 Å². The van der Waals surface area contributed by atoms with E-state index in [1.165, 1.54) is 11.5 Å². The first-order chi connectivity index (χ1) is 9.02. The van der Waals surface area contributed by atoms with Crippen LogP contribution in [0.5, 0.6) is 0 Å². The highest BCUT2D eigenvalue weighted by atomic mass is 32.2. The van der Waals surface area contributed by atoms with Crippen LogP contribution in [0.4, 0.5) is 5.00 Å². The van der Waals surface area contributed by atoms with Crippen LogP contribution in [0.15, 0.2) is 0 Å². The highest BCUT2D eigenvalue weighted by Crippen LogP contribution is 2.22. The van der Waals surface area contributed by atoms with Crippen molar-refractivity contribution in [2.75, 3.05) is 29.9 Å². The maximum atomic E-state index is 11.6.